The number of alkyl halides is 3. The SMILES string of the molecule is COC(=O)NCC1(c2nccs2)CCC(N(C(=O)c2ccc(C(C)C(F)(F)F)cc2)C2CC2)CC1. The molecule has 1 aromatic heterocycles. The molecule has 2 amide bonds. The summed E-state index contributed by atoms with van der Waals surface area (Å²) in [5.74, 6) is -1.71. The second-order valence-electron chi connectivity index (χ2n) is 9.52. The van der Waals surface area contributed by atoms with Crippen LogP contribution >= 0.6 is 11.3 Å². The van der Waals surface area contributed by atoms with E-state index in [9.17, 15) is 22.8 Å². The third kappa shape index (κ3) is 5.63. The van der Waals surface area contributed by atoms with E-state index >= 15 is 0 Å². The molecule has 4 rings (SSSR count). The van der Waals surface area contributed by atoms with Gasteiger partial charge in [-0.25, -0.2) is 9.78 Å². The number of alkyl carbamates (subject to hydrolysis) is 1. The lowest BCUT2D eigenvalue weighted by Gasteiger charge is -2.43. The van der Waals surface area contributed by atoms with Crippen LogP contribution in [0.1, 0.15) is 72.3 Å². The quantitative estimate of drug-likeness (QED) is 0.524. The highest BCUT2D eigenvalue weighted by Crippen LogP contribution is 2.44. The summed E-state index contributed by atoms with van der Waals surface area (Å²) < 4.78 is 43.9. The second kappa shape index (κ2) is 10.2. The fourth-order valence-electron chi connectivity index (χ4n) is 4.93. The van der Waals surface area contributed by atoms with Crippen molar-refractivity contribution in [3.05, 3.63) is 52.0 Å². The molecule has 35 heavy (non-hydrogen) atoms. The first kappa shape index (κ1) is 25.5. The normalized spacial score (nSPS) is 23.4. The number of methoxy groups -OCH3 is 1. The maximum Gasteiger partial charge on any atom is 0.406 e. The van der Waals surface area contributed by atoms with Crippen molar-refractivity contribution in [3.8, 4) is 0 Å². The predicted octanol–water partition coefficient (Wildman–Crippen LogP) is 5.65. The number of aromatic nitrogens is 1. The van der Waals surface area contributed by atoms with Crippen molar-refractivity contribution in [2.45, 2.75) is 75.0 Å². The van der Waals surface area contributed by atoms with Gasteiger partial charge in [-0.15, -0.1) is 11.3 Å². The number of halogens is 3. The van der Waals surface area contributed by atoms with Crippen LogP contribution in [0.5, 0.6) is 0 Å². The Labute approximate surface area is 206 Å². The van der Waals surface area contributed by atoms with Gasteiger partial charge in [0.1, 0.15) is 5.01 Å². The lowest BCUT2D eigenvalue weighted by Crippen LogP contribution is -2.49. The van der Waals surface area contributed by atoms with E-state index in [0.29, 0.717) is 12.1 Å². The van der Waals surface area contributed by atoms with Crippen LogP contribution in [-0.4, -0.2) is 53.8 Å². The number of amides is 2. The van der Waals surface area contributed by atoms with Crippen LogP contribution < -0.4 is 5.32 Å². The molecule has 10 heteroatoms. The molecule has 0 bridgehead atoms. The molecule has 6 nitrogen and oxygen atoms in total. The Kier molecular flexibility index (Phi) is 7.40. The maximum atomic E-state index is 13.5. The lowest BCUT2D eigenvalue weighted by atomic mass is 9.72. The van der Waals surface area contributed by atoms with E-state index in [2.05, 4.69) is 10.3 Å². The highest BCUT2D eigenvalue weighted by molar-refractivity contribution is 7.09. The first-order valence-electron chi connectivity index (χ1n) is 11.9. The van der Waals surface area contributed by atoms with Gasteiger partial charge >= 0.3 is 12.3 Å². The van der Waals surface area contributed by atoms with Crippen LogP contribution in [0.15, 0.2) is 35.8 Å². The van der Waals surface area contributed by atoms with Gasteiger partial charge in [-0.1, -0.05) is 12.1 Å². The number of carbonyl (C=O) groups is 2. The zero-order chi connectivity index (χ0) is 25.2. The minimum Gasteiger partial charge on any atom is -0.453 e. The van der Waals surface area contributed by atoms with Gasteiger partial charge in [-0.2, -0.15) is 13.2 Å². The summed E-state index contributed by atoms with van der Waals surface area (Å²) in [4.78, 5) is 31.7. The molecule has 190 valence electrons. The Morgan fingerprint density at radius 1 is 1.17 bits per heavy atom. The van der Waals surface area contributed by atoms with Crippen molar-refractivity contribution in [3.63, 3.8) is 0 Å². The highest BCUT2D eigenvalue weighted by atomic mass is 32.1. The molecule has 2 fully saturated rings. The van der Waals surface area contributed by atoms with E-state index in [1.807, 2.05) is 10.3 Å². The predicted molar refractivity (Wildman–Crippen MR) is 127 cm³/mol. The topological polar surface area (TPSA) is 71.5 Å². The molecule has 1 N–H and O–H groups in total. The molecule has 1 aromatic carbocycles. The van der Waals surface area contributed by atoms with E-state index in [1.165, 1.54) is 31.4 Å². The Balaban J connectivity index is 1.48. The van der Waals surface area contributed by atoms with Gasteiger partial charge in [0, 0.05) is 41.2 Å². The molecule has 1 heterocycles. The van der Waals surface area contributed by atoms with E-state index < -0.39 is 18.2 Å². The standard InChI is InChI=1S/C25H30F3N3O3S/c1-16(25(26,27)28)17-3-5-18(6-4-17)21(32)31(19-7-8-19)20-9-11-24(12-10-20,15-30-23(33)34-2)22-29-13-14-35-22/h3-6,13-14,16,19-20H,7-12,15H2,1-2H3,(H,30,33). The summed E-state index contributed by atoms with van der Waals surface area (Å²) in [5, 5.41) is 5.71. The highest BCUT2D eigenvalue weighted by Gasteiger charge is 2.45. The Bertz CT molecular complexity index is 1010. The fourth-order valence-corrected chi connectivity index (χ4v) is 5.83. The number of carbonyl (C=O) groups excluding carboxylic acids is 2. The fraction of sp³-hybridized carbons (Fsp3) is 0.560. The van der Waals surface area contributed by atoms with Crippen LogP contribution in [0.4, 0.5) is 18.0 Å². The first-order chi connectivity index (χ1) is 16.6. The van der Waals surface area contributed by atoms with Crippen molar-refractivity contribution in [1.82, 2.24) is 15.2 Å². The van der Waals surface area contributed by atoms with E-state index in [-0.39, 0.29) is 29.0 Å². The van der Waals surface area contributed by atoms with E-state index in [0.717, 1.165) is 50.5 Å². The van der Waals surface area contributed by atoms with E-state index in [4.69, 9.17) is 4.74 Å². The van der Waals surface area contributed by atoms with Gasteiger partial charge in [-0.05, 0) is 63.1 Å². The van der Waals surface area contributed by atoms with E-state index in [1.54, 1.807) is 17.5 Å². The zero-order valence-corrected chi connectivity index (χ0v) is 20.6. The molecule has 2 aliphatic rings. The molecule has 0 radical (unpaired) electrons. The van der Waals surface area contributed by atoms with Crippen LogP contribution in [0.25, 0.3) is 0 Å². The summed E-state index contributed by atoms with van der Waals surface area (Å²) in [7, 11) is 1.33. The van der Waals surface area contributed by atoms with Crippen LogP contribution in [-0.2, 0) is 10.2 Å². The minimum absolute atomic E-state index is 0.0370. The lowest BCUT2D eigenvalue weighted by molar-refractivity contribution is -0.146. The molecule has 0 spiro atoms. The molecule has 1 atom stereocenters. The number of rotatable bonds is 7. The number of ether oxygens (including phenoxy) is 1. The summed E-state index contributed by atoms with van der Waals surface area (Å²) in [5.41, 5.74) is 0.252. The van der Waals surface area contributed by atoms with Crippen molar-refractivity contribution < 1.29 is 27.5 Å². The monoisotopic (exact) mass is 509 g/mol. The van der Waals surface area contributed by atoms with Gasteiger partial charge in [0.25, 0.3) is 5.91 Å². The average molecular weight is 510 g/mol. The summed E-state index contributed by atoms with van der Waals surface area (Å²) in [6, 6.07) is 6.04. The summed E-state index contributed by atoms with van der Waals surface area (Å²) >= 11 is 1.56. The number of hydrogen-bond donors (Lipinski definition) is 1. The van der Waals surface area contributed by atoms with Crippen molar-refractivity contribution in [2.24, 2.45) is 0 Å². The molecule has 2 aliphatic carbocycles. The second-order valence-corrected chi connectivity index (χ2v) is 10.4. The number of benzene rings is 1. The van der Waals surface area contributed by atoms with Crippen molar-refractivity contribution in [1.29, 1.82) is 0 Å². The van der Waals surface area contributed by atoms with Crippen molar-refractivity contribution >= 4 is 23.3 Å². The molecule has 0 saturated heterocycles. The molecule has 2 saturated carbocycles. The average Bonchev–Trinajstić information content (AvgIpc) is 3.52. The van der Waals surface area contributed by atoms with Gasteiger partial charge < -0.3 is 15.0 Å². The molecule has 2 aromatic rings. The third-order valence-corrected chi connectivity index (χ3v) is 8.29. The van der Waals surface area contributed by atoms with Crippen LogP contribution in [0, 0.1) is 0 Å². The van der Waals surface area contributed by atoms with Gasteiger partial charge in [0.2, 0.25) is 0 Å². The third-order valence-electron chi connectivity index (χ3n) is 7.27. The Morgan fingerprint density at radius 3 is 2.31 bits per heavy atom. The smallest absolute Gasteiger partial charge is 0.406 e. The molecule has 0 aliphatic heterocycles. The van der Waals surface area contributed by atoms with Gasteiger partial charge in [0.05, 0.1) is 13.0 Å². The molecular formula is C25H30F3N3O3S. The number of nitrogens with one attached hydrogen (secondary N) is 1. The van der Waals surface area contributed by atoms with Crippen LogP contribution in [0.3, 0.4) is 0 Å². The Hall–Kier alpha value is -2.62. The van der Waals surface area contributed by atoms with Crippen LogP contribution in [0.2, 0.25) is 0 Å². The van der Waals surface area contributed by atoms with Crippen molar-refractivity contribution in [2.75, 3.05) is 13.7 Å². The summed E-state index contributed by atoms with van der Waals surface area (Å²) in [6.07, 6.45) is 1.86. The number of thiazole rings is 1. The van der Waals surface area contributed by atoms with Gasteiger partial charge in [0.15, 0.2) is 0 Å². The minimum atomic E-state index is -4.32. The first-order valence-corrected chi connectivity index (χ1v) is 12.7. The largest absolute Gasteiger partial charge is 0.453 e. The maximum absolute atomic E-state index is 13.5. The summed E-state index contributed by atoms with van der Waals surface area (Å²) in [6.45, 7) is 1.54. The van der Waals surface area contributed by atoms with Gasteiger partial charge in [-0.3, -0.25) is 4.79 Å². The molecule has 1 unspecified atom stereocenters. The number of nitrogens with zero attached hydrogens (tertiary/aromatic N) is 2. The number of hydrogen-bond acceptors (Lipinski definition) is 5. The zero-order valence-electron chi connectivity index (χ0n) is 19.8. The Morgan fingerprint density at radius 2 is 1.80 bits per heavy atom. The molecular weight excluding hydrogens is 479 g/mol.